The van der Waals surface area contributed by atoms with Gasteiger partial charge >= 0.3 is 12.0 Å². The summed E-state index contributed by atoms with van der Waals surface area (Å²) in [6.07, 6.45) is 2.39. The molecule has 0 radical (unpaired) electrons. The van der Waals surface area contributed by atoms with Crippen molar-refractivity contribution in [2.24, 2.45) is 11.8 Å². The number of rotatable bonds is 3. The number of nitrogens with zero attached hydrogens (tertiary/aromatic N) is 2. The van der Waals surface area contributed by atoms with Gasteiger partial charge in [0.1, 0.15) is 0 Å². The van der Waals surface area contributed by atoms with Crippen molar-refractivity contribution in [2.45, 2.75) is 33.1 Å². The first-order valence-electron chi connectivity index (χ1n) is 7.11. The Bertz CT molecular complexity index is 529. The SMILES string of the molecule is CC1CC(C(=O)O)CN(C(=O)Nc2ncc(C(C)C)s2)C1. The number of aliphatic carboxylic acids is 1. The Morgan fingerprint density at radius 2 is 2.19 bits per heavy atom. The van der Waals surface area contributed by atoms with E-state index in [1.165, 1.54) is 11.3 Å². The van der Waals surface area contributed by atoms with E-state index in [1.54, 1.807) is 11.1 Å². The van der Waals surface area contributed by atoms with Gasteiger partial charge in [0.05, 0.1) is 5.92 Å². The van der Waals surface area contributed by atoms with Gasteiger partial charge in [-0.25, -0.2) is 9.78 Å². The standard InChI is InChI=1S/C14H21N3O3S/c1-8(2)11-5-15-13(21-11)16-14(20)17-6-9(3)4-10(7-17)12(18)19/h5,8-10H,4,6-7H2,1-3H3,(H,18,19)(H,15,16,20). The minimum Gasteiger partial charge on any atom is -0.481 e. The molecule has 2 unspecified atom stereocenters. The average Bonchev–Trinajstić information content (AvgIpc) is 2.86. The summed E-state index contributed by atoms with van der Waals surface area (Å²) in [7, 11) is 0. The van der Waals surface area contributed by atoms with Crippen LogP contribution < -0.4 is 5.32 Å². The molecule has 1 aliphatic rings. The Hall–Kier alpha value is -1.63. The van der Waals surface area contributed by atoms with E-state index in [-0.39, 0.29) is 18.5 Å². The number of nitrogens with one attached hydrogen (secondary N) is 1. The van der Waals surface area contributed by atoms with Crippen LogP contribution in [-0.2, 0) is 4.79 Å². The van der Waals surface area contributed by atoms with Crippen molar-refractivity contribution in [1.82, 2.24) is 9.88 Å². The quantitative estimate of drug-likeness (QED) is 0.899. The number of carboxylic acid groups (broad SMARTS) is 1. The Morgan fingerprint density at radius 3 is 2.76 bits per heavy atom. The fourth-order valence-electron chi connectivity index (χ4n) is 2.48. The minimum atomic E-state index is -0.837. The fraction of sp³-hybridized carbons (Fsp3) is 0.643. The van der Waals surface area contributed by atoms with Gasteiger partial charge in [-0.3, -0.25) is 10.1 Å². The number of aromatic nitrogens is 1. The third kappa shape index (κ3) is 3.93. The second-order valence-corrected chi connectivity index (χ2v) is 7.00. The van der Waals surface area contributed by atoms with Gasteiger partial charge < -0.3 is 10.0 Å². The number of piperidine rings is 1. The number of hydrogen-bond donors (Lipinski definition) is 2. The first-order chi connectivity index (χ1) is 9.86. The van der Waals surface area contributed by atoms with Crippen molar-refractivity contribution in [2.75, 3.05) is 18.4 Å². The number of carbonyl (C=O) groups excluding carboxylic acids is 1. The zero-order valence-electron chi connectivity index (χ0n) is 12.5. The second kappa shape index (κ2) is 6.43. The number of anilines is 1. The van der Waals surface area contributed by atoms with Crippen LogP contribution >= 0.6 is 11.3 Å². The molecule has 1 aliphatic heterocycles. The van der Waals surface area contributed by atoms with E-state index in [2.05, 4.69) is 24.1 Å². The summed E-state index contributed by atoms with van der Waals surface area (Å²) in [5.74, 6) is -0.759. The van der Waals surface area contributed by atoms with Gasteiger partial charge in [0.15, 0.2) is 5.13 Å². The smallest absolute Gasteiger partial charge is 0.323 e. The number of carbonyl (C=O) groups is 2. The van der Waals surface area contributed by atoms with Gasteiger partial charge in [-0.1, -0.05) is 20.8 Å². The number of thiazole rings is 1. The number of hydrogen-bond acceptors (Lipinski definition) is 4. The zero-order chi connectivity index (χ0) is 15.6. The van der Waals surface area contributed by atoms with Crippen molar-refractivity contribution in [3.05, 3.63) is 11.1 Å². The monoisotopic (exact) mass is 311 g/mol. The highest BCUT2D eigenvalue weighted by Crippen LogP contribution is 2.26. The molecule has 1 aromatic heterocycles. The van der Waals surface area contributed by atoms with Crippen LogP contribution in [0.4, 0.5) is 9.93 Å². The highest BCUT2D eigenvalue weighted by atomic mass is 32.1. The van der Waals surface area contributed by atoms with Gasteiger partial charge in [-0.2, -0.15) is 0 Å². The molecule has 1 saturated heterocycles. The van der Waals surface area contributed by atoms with E-state index in [1.807, 2.05) is 6.92 Å². The predicted molar refractivity (Wildman–Crippen MR) is 81.7 cm³/mol. The minimum absolute atomic E-state index is 0.188. The van der Waals surface area contributed by atoms with Crippen molar-refractivity contribution >= 4 is 28.5 Å². The Balaban J connectivity index is 2.00. The van der Waals surface area contributed by atoms with Crippen LogP contribution in [-0.4, -0.2) is 40.1 Å². The van der Waals surface area contributed by atoms with Crippen molar-refractivity contribution in [1.29, 1.82) is 0 Å². The molecule has 0 spiro atoms. The summed E-state index contributed by atoms with van der Waals surface area (Å²) in [6.45, 7) is 6.95. The van der Waals surface area contributed by atoms with E-state index in [0.717, 1.165) is 4.88 Å². The highest BCUT2D eigenvalue weighted by molar-refractivity contribution is 7.15. The number of carboxylic acids is 1. The third-order valence-corrected chi connectivity index (χ3v) is 4.82. The number of urea groups is 1. The molecule has 6 nitrogen and oxygen atoms in total. The first kappa shape index (κ1) is 15.8. The van der Waals surface area contributed by atoms with Crippen LogP contribution in [0.1, 0.15) is 38.0 Å². The van der Waals surface area contributed by atoms with Gasteiger partial charge in [0.25, 0.3) is 0 Å². The van der Waals surface area contributed by atoms with Gasteiger partial charge in [-0.05, 0) is 18.3 Å². The molecule has 0 bridgehead atoms. The number of likely N-dealkylation sites (tertiary alicyclic amines) is 1. The summed E-state index contributed by atoms with van der Waals surface area (Å²) in [4.78, 5) is 30.3. The fourth-order valence-corrected chi connectivity index (χ4v) is 3.29. The Kier molecular flexibility index (Phi) is 4.82. The van der Waals surface area contributed by atoms with Crippen molar-refractivity contribution in [3.63, 3.8) is 0 Å². The van der Waals surface area contributed by atoms with E-state index in [0.29, 0.717) is 24.0 Å². The van der Waals surface area contributed by atoms with E-state index < -0.39 is 11.9 Å². The molecule has 0 saturated carbocycles. The lowest BCUT2D eigenvalue weighted by Crippen LogP contribution is -2.47. The van der Waals surface area contributed by atoms with Gasteiger partial charge in [0, 0.05) is 24.2 Å². The first-order valence-corrected chi connectivity index (χ1v) is 7.93. The summed E-state index contributed by atoms with van der Waals surface area (Å²) in [5.41, 5.74) is 0. The summed E-state index contributed by atoms with van der Waals surface area (Å²) >= 11 is 1.46. The third-order valence-electron chi connectivity index (χ3n) is 3.60. The van der Waals surface area contributed by atoms with Crippen LogP contribution in [0.25, 0.3) is 0 Å². The Morgan fingerprint density at radius 1 is 1.48 bits per heavy atom. The summed E-state index contributed by atoms with van der Waals surface area (Å²) in [6, 6.07) is -0.266. The molecule has 21 heavy (non-hydrogen) atoms. The maximum atomic E-state index is 12.2. The zero-order valence-corrected chi connectivity index (χ0v) is 13.3. The average molecular weight is 311 g/mol. The van der Waals surface area contributed by atoms with Crippen molar-refractivity contribution < 1.29 is 14.7 Å². The van der Waals surface area contributed by atoms with Crippen molar-refractivity contribution in [3.8, 4) is 0 Å². The molecule has 1 fully saturated rings. The molecular weight excluding hydrogens is 290 g/mol. The second-order valence-electron chi connectivity index (χ2n) is 5.93. The summed E-state index contributed by atoms with van der Waals surface area (Å²) < 4.78 is 0. The molecular formula is C14H21N3O3S. The Labute approximate surface area is 128 Å². The molecule has 0 aromatic carbocycles. The van der Waals surface area contributed by atoms with Crippen LogP contribution in [0, 0.1) is 11.8 Å². The molecule has 2 heterocycles. The molecule has 1 aromatic rings. The van der Waals surface area contributed by atoms with Gasteiger partial charge in [-0.15, -0.1) is 11.3 Å². The largest absolute Gasteiger partial charge is 0.481 e. The van der Waals surface area contributed by atoms with Crippen LogP contribution in [0.5, 0.6) is 0 Å². The van der Waals surface area contributed by atoms with E-state index in [4.69, 9.17) is 5.11 Å². The molecule has 2 amide bonds. The molecule has 2 atom stereocenters. The summed E-state index contributed by atoms with van der Waals surface area (Å²) in [5, 5.41) is 12.5. The normalized spacial score (nSPS) is 22.4. The van der Waals surface area contributed by atoms with E-state index in [9.17, 15) is 9.59 Å². The van der Waals surface area contributed by atoms with Crippen LogP contribution in [0.15, 0.2) is 6.20 Å². The maximum Gasteiger partial charge on any atom is 0.323 e. The predicted octanol–water partition coefficient (Wildman–Crippen LogP) is 2.84. The lowest BCUT2D eigenvalue weighted by Gasteiger charge is -2.34. The molecule has 2 rings (SSSR count). The van der Waals surface area contributed by atoms with Gasteiger partial charge in [0.2, 0.25) is 0 Å². The molecule has 0 aliphatic carbocycles. The van der Waals surface area contributed by atoms with E-state index >= 15 is 0 Å². The highest BCUT2D eigenvalue weighted by Gasteiger charge is 2.32. The molecule has 116 valence electrons. The molecule has 7 heteroatoms. The van der Waals surface area contributed by atoms with Crippen LogP contribution in [0.2, 0.25) is 0 Å². The van der Waals surface area contributed by atoms with Crippen LogP contribution in [0.3, 0.4) is 0 Å². The lowest BCUT2D eigenvalue weighted by atomic mass is 9.91. The maximum absolute atomic E-state index is 12.2. The molecule has 2 N–H and O–H groups in total. The lowest BCUT2D eigenvalue weighted by molar-refractivity contribution is -0.143. The number of amides is 2. The topological polar surface area (TPSA) is 82.5 Å².